The van der Waals surface area contributed by atoms with Crippen LogP contribution in [0.2, 0.25) is 0 Å². The average Bonchev–Trinajstić information content (AvgIpc) is 2.60. The Labute approximate surface area is 93.9 Å². The van der Waals surface area contributed by atoms with Crippen LogP contribution in [0, 0.1) is 6.92 Å². The number of rotatable bonds is 3. The van der Waals surface area contributed by atoms with Crippen LogP contribution in [0.1, 0.15) is 19.5 Å². The van der Waals surface area contributed by atoms with E-state index in [1.165, 1.54) is 6.33 Å². The molecule has 0 atom stereocenters. The van der Waals surface area contributed by atoms with Gasteiger partial charge in [0.2, 0.25) is 0 Å². The highest BCUT2D eigenvalue weighted by atomic mass is 15.4. The Morgan fingerprint density at radius 2 is 2.25 bits per heavy atom. The maximum Gasteiger partial charge on any atom is 0.254 e. The Balaban J connectivity index is 2.32. The predicted octanol–water partition coefficient (Wildman–Crippen LogP) is 0.582. The predicted molar refractivity (Wildman–Crippen MR) is 62.3 cm³/mol. The van der Waals surface area contributed by atoms with Crippen molar-refractivity contribution < 1.29 is 0 Å². The first-order valence-corrected chi connectivity index (χ1v) is 5.16. The molecular formula is C10H16N6. The Hall–Kier alpha value is -1.69. The minimum absolute atomic E-state index is 0.274. The zero-order valence-electron chi connectivity index (χ0n) is 9.73. The van der Waals surface area contributed by atoms with Gasteiger partial charge >= 0.3 is 0 Å². The quantitative estimate of drug-likeness (QED) is 0.791. The van der Waals surface area contributed by atoms with Crippen molar-refractivity contribution >= 4 is 11.6 Å². The maximum absolute atomic E-state index is 5.92. The lowest BCUT2D eigenvalue weighted by molar-refractivity contribution is 0.547. The van der Waals surface area contributed by atoms with Gasteiger partial charge in [-0.25, -0.2) is 4.98 Å². The first-order chi connectivity index (χ1) is 7.46. The highest BCUT2D eigenvalue weighted by Gasteiger charge is 2.12. The maximum atomic E-state index is 5.92. The molecule has 0 aliphatic rings. The molecule has 0 bridgehead atoms. The monoisotopic (exact) mass is 220 g/mol. The van der Waals surface area contributed by atoms with E-state index in [-0.39, 0.29) is 5.54 Å². The van der Waals surface area contributed by atoms with E-state index < -0.39 is 0 Å². The molecule has 0 spiro atoms. The first kappa shape index (κ1) is 10.8. The molecule has 0 unspecified atom stereocenters. The molecule has 0 amide bonds. The second kappa shape index (κ2) is 3.71. The van der Waals surface area contributed by atoms with Crippen molar-refractivity contribution in [3.05, 3.63) is 18.1 Å². The number of nitrogens with two attached hydrogens (primary N) is 1. The van der Waals surface area contributed by atoms with Gasteiger partial charge in [0.05, 0.1) is 0 Å². The van der Waals surface area contributed by atoms with Gasteiger partial charge in [0.25, 0.3) is 5.78 Å². The summed E-state index contributed by atoms with van der Waals surface area (Å²) in [5.74, 6) is 1.45. The van der Waals surface area contributed by atoms with Crippen molar-refractivity contribution in [2.75, 3.05) is 11.9 Å². The van der Waals surface area contributed by atoms with Gasteiger partial charge < -0.3 is 11.1 Å². The zero-order valence-corrected chi connectivity index (χ0v) is 9.73. The van der Waals surface area contributed by atoms with Crippen molar-refractivity contribution in [1.29, 1.82) is 0 Å². The molecule has 2 heterocycles. The number of aromatic nitrogens is 4. The summed E-state index contributed by atoms with van der Waals surface area (Å²) in [5, 5.41) is 7.35. The third-order valence-corrected chi connectivity index (χ3v) is 2.11. The highest BCUT2D eigenvalue weighted by Crippen LogP contribution is 2.10. The molecule has 6 heteroatoms. The summed E-state index contributed by atoms with van der Waals surface area (Å²) >= 11 is 0. The zero-order chi connectivity index (χ0) is 11.8. The minimum atomic E-state index is -0.274. The van der Waals surface area contributed by atoms with Crippen LogP contribution in [0.25, 0.3) is 5.78 Å². The number of nitrogens with one attached hydrogen (secondary N) is 1. The average molecular weight is 220 g/mol. The van der Waals surface area contributed by atoms with Crippen molar-refractivity contribution in [2.45, 2.75) is 26.3 Å². The topological polar surface area (TPSA) is 81.1 Å². The molecule has 0 radical (unpaired) electrons. The molecule has 2 aromatic heterocycles. The normalized spacial score (nSPS) is 12.0. The van der Waals surface area contributed by atoms with Gasteiger partial charge in [0.1, 0.15) is 12.1 Å². The summed E-state index contributed by atoms with van der Waals surface area (Å²) in [5.41, 5.74) is 6.54. The van der Waals surface area contributed by atoms with E-state index in [0.717, 1.165) is 11.5 Å². The van der Waals surface area contributed by atoms with Crippen LogP contribution in [0.15, 0.2) is 12.4 Å². The van der Waals surface area contributed by atoms with Crippen LogP contribution in [0.5, 0.6) is 0 Å². The lowest BCUT2D eigenvalue weighted by atomic mass is 10.1. The number of anilines is 1. The molecule has 0 saturated carbocycles. The number of aryl methyl sites for hydroxylation is 1. The van der Waals surface area contributed by atoms with E-state index in [4.69, 9.17) is 5.73 Å². The summed E-state index contributed by atoms with van der Waals surface area (Å²) in [6.07, 6.45) is 1.49. The minimum Gasteiger partial charge on any atom is -0.368 e. The fraction of sp³-hybridized carbons (Fsp3) is 0.500. The van der Waals surface area contributed by atoms with Crippen molar-refractivity contribution in [1.82, 2.24) is 19.6 Å². The van der Waals surface area contributed by atoms with Crippen molar-refractivity contribution in [3.63, 3.8) is 0 Å². The van der Waals surface area contributed by atoms with Crippen LogP contribution < -0.4 is 11.1 Å². The summed E-state index contributed by atoms with van der Waals surface area (Å²) in [6, 6.07) is 1.92. The van der Waals surface area contributed by atoms with E-state index >= 15 is 0 Å². The van der Waals surface area contributed by atoms with Crippen molar-refractivity contribution in [3.8, 4) is 0 Å². The van der Waals surface area contributed by atoms with Gasteiger partial charge in [-0.15, -0.1) is 0 Å². The number of hydrogen-bond acceptors (Lipinski definition) is 5. The smallest absolute Gasteiger partial charge is 0.254 e. The van der Waals surface area contributed by atoms with E-state index in [2.05, 4.69) is 20.4 Å². The van der Waals surface area contributed by atoms with Crippen LogP contribution in [-0.2, 0) is 0 Å². The molecule has 6 nitrogen and oxygen atoms in total. The molecule has 0 fully saturated rings. The standard InChI is InChI=1S/C10H16N6/c1-7-4-8(12-5-10(2,3)11)16-9(15-7)13-6-14-16/h4,6,12H,5,11H2,1-3H3. The van der Waals surface area contributed by atoms with Gasteiger partial charge in [0.15, 0.2) is 0 Å². The molecule has 2 aromatic rings. The summed E-state index contributed by atoms with van der Waals surface area (Å²) in [6.45, 7) is 6.51. The van der Waals surface area contributed by atoms with Crippen molar-refractivity contribution in [2.24, 2.45) is 5.73 Å². The van der Waals surface area contributed by atoms with E-state index in [0.29, 0.717) is 12.3 Å². The van der Waals surface area contributed by atoms with E-state index in [9.17, 15) is 0 Å². The van der Waals surface area contributed by atoms with Gasteiger partial charge in [-0.1, -0.05) is 0 Å². The van der Waals surface area contributed by atoms with Gasteiger partial charge in [-0.3, -0.25) is 0 Å². The second-order valence-electron chi connectivity index (χ2n) is 4.60. The summed E-state index contributed by atoms with van der Waals surface area (Å²) < 4.78 is 1.67. The molecule has 0 aliphatic heterocycles. The second-order valence-corrected chi connectivity index (χ2v) is 4.60. The Morgan fingerprint density at radius 1 is 1.50 bits per heavy atom. The van der Waals surface area contributed by atoms with Gasteiger partial charge in [0, 0.05) is 23.8 Å². The molecule has 2 rings (SSSR count). The molecule has 86 valence electrons. The van der Waals surface area contributed by atoms with E-state index in [1.54, 1.807) is 4.52 Å². The third kappa shape index (κ3) is 2.27. The molecule has 0 aliphatic carbocycles. The van der Waals surface area contributed by atoms with E-state index in [1.807, 2.05) is 26.8 Å². The first-order valence-electron chi connectivity index (χ1n) is 5.16. The number of hydrogen-bond donors (Lipinski definition) is 2. The van der Waals surface area contributed by atoms with Gasteiger partial charge in [-0.2, -0.15) is 14.6 Å². The van der Waals surface area contributed by atoms with Crippen LogP contribution in [0.3, 0.4) is 0 Å². The summed E-state index contributed by atoms with van der Waals surface area (Å²) in [7, 11) is 0. The Morgan fingerprint density at radius 3 is 2.94 bits per heavy atom. The largest absolute Gasteiger partial charge is 0.368 e. The van der Waals surface area contributed by atoms with Crippen LogP contribution in [0.4, 0.5) is 5.82 Å². The highest BCUT2D eigenvalue weighted by molar-refractivity contribution is 5.44. The fourth-order valence-electron chi connectivity index (χ4n) is 1.37. The molecular weight excluding hydrogens is 204 g/mol. The molecule has 16 heavy (non-hydrogen) atoms. The Kier molecular flexibility index (Phi) is 2.51. The third-order valence-electron chi connectivity index (χ3n) is 2.11. The molecule has 3 N–H and O–H groups in total. The molecule has 0 aromatic carbocycles. The summed E-state index contributed by atoms with van der Waals surface area (Å²) in [4.78, 5) is 8.31. The lowest BCUT2D eigenvalue weighted by Gasteiger charge is -2.20. The van der Waals surface area contributed by atoms with Crippen LogP contribution >= 0.6 is 0 Å². The van der Waals surface area contributed by atoms with Gasteiger partial charge in [-0.05, 0) is 20.8 Å². The fourth-order valence-corrected chi connectivity index (χ4v) is 1.37. The number of fused-ring (bicyclic) bond motifs is 1. The Bertz CT molecular complexity index is 495. The lowest BCUT2D eigenvalue weighted by Crippen LogP contribution is -2.40. The molecule has 0 saturated heterocycles. The van der Waals surface area contributed by atoms with Crippen LogP contribution in [-0.4, -0.2) is 31.7 Å². The SMILES string of the molecule is Cc1cc(NCC(C)(C)N)n2ncnc2n1. The number of nitrogens with zero attached hydrogens (tertiary/aromatic N) is 4.